The van der Waals surface area contributed by atoms with Crippen LogP contribution in [0.25, 0.3) is 11.0 Å². The van der Waals surface area contributed by atoms with Crippen LogP contribution >= 0.6 is 0 Å². The zero-order chi connectivity index (χ0) is 38.8. The van der Waals surface area contributed by atoms with Crippen molar-refractivity contribution in [2.24, 2.45) is 29.4 Å². The van der Waals surface area contributed by atoms with Crippen LogP contribution in [0, 0.1) is 23.7 Å². The van der Waals surface area contributed by atoms with Crippen molar-refractivity contribution in [1.29, 1.82) is 0 Å². The number of rotatable bonds is 10. The summed E-state index contributed by atoms with van der Waals surface area (Å²) in [4.78, 5) is 54.3. The number of quaternary nitrogens is 1. The summed E-state index contributed by atoms with van der Waals surface area (Å²) < 4.78 is 52.9. The number of halogens is 1. The molecule has 12 nitrogen and oxygen atoms in total. The van der Waals surface area contributed by atoms with E-state index < -0.39 is 58.2 Å². The number of benzene rings is 2. The van der Waals surface area contributed by atoms with Crippen molar-refractivity contribution in [2.45, 2.75) is 108 Å². The first-order valence-corrected chi connectivity index (χ1v) is 20.5. The van der Waals surface area contributed by atoms with Crippen LogP contribution in [-0.4, -0.2) is 63.1 Å². The molecule has 54 heavy (non-hydrogen) atoms. The molecule has 2 heterocycles. The number of furan rings is 1. The van der Waals surface area contributed by atoms with E-state index in [2.05, 4.69) is 10.0 Å². The molecule has 0 spiro atoms. The van der Waals surface area contributed by atoms with Gasteiger partial charge in [0.15, 0.2) is 11.8 Å². The van der Waals surface area contributed by atoms with Gasteiger partial charge in [0.05, 0.1) is 23.4 Å². The molecule has 4 N–H and O–H groups in total. The SMILES string of the molecule is CC(C)(C)OC(=O)N[C@H](CF)C1CCC(C(=O)[N+]2(c3ccc4oc(C(=O)NS(=O)(=O)c5ccccc5)cc4c3)CC[C@@H](C3CCCCC3)[C@H]2C(N)=O)CC1. The standard InChI is InChI=1S/C40H51FN4O8S/c1-40(2,3)53-39(49)43-32(24-41)26-14-16-27(17-15-26)38(48)45(21-20-31(35(45)36(42)46)25-10-6-4-7-11-25)29-18-19-33-28(22-29)23-34(52-33)37(47)44-54(50,51)30-12-8-5-9-13-30/h5,8-9,12-13,18-19,22-23,25-27,31-32,35H,4,6-7,10-11,14-17,20-21,24H2,1-3H3,(H3-,42,43,44,46,47,49)/p+1/t26?,27?,31-,32+,35-,45?/m0/s1. The third kappa shape index (κ3) is 8.19. The zero-order valence-corrected chi connectivity index (χ0v) is 32.0. The van der Waals surface area contributed by atoms with Gasteiger partial charge in [0, 0.05) is 29.9 Å². The van der Waals surface area contributed by atoms with E-state index in [9.17, 15) is 27.2 Å². The van der Waals surface area contributed by atoms with Gasteiger partial charge in [-0.25, -0.2) is 31.6 Å². The van der Waals surface area contributed by atoms with E-state index >= 15 is 4.79 Å². The first-order valence-electron chi connectivity index (χ1n) is 19.1. The number of nitrogens with one attached hydrogen (secondary N) is 2. The van der Waals surface area contributed by atoms with Crippen LogP contribution in [-0.2, 0) is 24.3 Å². The Hall–Kier alpha value is -4.30. The number of sulfonamides is 1. The summed E-state index contributed by atoms with van der Waals surface area (Å²) in [6.07, 6.45) is 7.03. The molecule has 2 aromatic carbocycles. The van der Waals surface area contributed by atoms with E-state index in [1.807, 2.05) is 0 Å². The minimum atomic E-state index is -4.16. The Balaban J connectivity index is 1.30. The maximum Gasteiger partial charge on any atom is 0.407 e. The number of nitrogens with zero attached hydrogens (tertiary/aromatic N) is 1. The summed E-state index contributed by atoms with van der Waals surface area (Å²) in [5, 5.41) is 3.15. The van der Waals surface area contributed by atoms with Crippen LogP contribution < -0.4 is 20.3 Å². The maximum atomic E-state index is 15.1. The summed E-state index contributed by atoms with van der Waals surface area (Å²) >= 11 is 0. The molecule has 2 saturated carbocycles. The molecule has 3 aromatic rings. The highest BCUT2D eigenvalue weighted by Crippen LogP contribution is 2.48. The molecule has 14 heteroatoms. The Morgan fingerprint density at radius 3 is 2.26 bits per heavy atom. The van der Waals surface area contributed by atoms with Crippen molar-refractivity contribution in [3.8, 4) is 0 Å². The summed E-state index contributed by atoms with van der Waals surface area (Å²) in [7, 11) is -4.16. The Labute approximate surface area is 316 Å². The van der Waals surface area contributed by atoms with E-state index in [1.54, 1.807) is 57.2 Å². The number of ether oxygens (including phenoxy) is 1. The van der Waals surface area contributed by atoms with Crippen molar-refractivity contribution in [2.75, 3.05) is 13.2 Å². The normalized spacial score (nSPS) is 25.9. The van der Waals surface area contributed by atoms with E-state index in [0.29, 0.717) is 55.3 Å². The monoisotopic (exact) mass is 767 g/mol. The first kappa shape index (κ1) is 39.4. The fourth-order valence-electron chi connectivity index (χ4n) is 9.18. The smallest absolute Gasteiger partial charge is 0.407 e. The Morgan fingerprint density at radius 1 is 0.944 bits per heavy atom. The Kier molecular flexibility index (Phi) is 11.5. The lowest BCUT2D eigenvalue weighted by Gasteiger charge is -2.42. The van der Waals surface area contributed by atoms with Crippen LogP contribution in [0.4, 0.5) is 14.9 Å². The number of amides is 4. The quantitative estimate of drug-likeness (QED) is 0.196. The highest BCUT2D eigenvalue weighted by molar-refractivity contribution is 7.90. The maximum absolute atomic E-state index is 15.1. The number of carbonyl (C=O) groups is 4. The summed E-state index contributed by atoms with van der Waals surface area (Å²) in [5.74, 6) is -2.32. The minimum absolute atomic E-state index is 0.0747. The lowest BCUT2D eigenvalue weighted by atomic mass is 9.75. The predicted molar refractivity (Wildman–Crippen MR) is 201 cm³/mol. The number of alkyl halides is 1. The summed E-state index contributed by atoms with van der Waals surface area (Å²) in [6, 6.07) is 12.5. The molecular formula is C40H52FN4O8S+. The molecule has 1 saturated heterocycles. The lowest BCUT2D eigenvalue weighted by Crippen LogP contribution is -2.65. The van der Waals surface area contributed by atoms with Crippen molar-refractivity contribution in [3.05, 3.63) is 60.4 Å². The third-order valence-corrected chi connectivity index (χ3v) is 13.0. The van der Waals surface area contributed by atoms with Gasteiger partial charge in [0.25, 0.3) is 15.9 Å². The van der Waals surface area contributed by atoms with Gasteiger partial charge in [-0.2, -0.15) is 0 Å². The Bertz CT molecular complexity index is 1970. The molecule has 1 unspecified atom stereocenters. The van der Waals surface area contributed by atoms with Gasteiger partial charge in [0.2, 0.25) is 0 Å². The molecule has 1 aliphatic heterocycles. The summed E-state index contributed by atoms with van der Waals surface area (Å²) in [5.41, 5.74) is 6.41. The molecule has 6 rings (SSSR count). The number of hydrogen-bond acceptors (Lipinski definition) is 8. The number of nitrogens with two attached hydrogens (primary N) is 1. The second-order valence-electron chi connectivity index (χ2n) is 16.2. The lowest BCUT2D eigenvalue weighted by molar-refractivity contribution is -0.142. The molecule has 3 fully saturated rings. The van der Waals surface area contributed by atoms with E-state index in [4.69, 9.17) is 14.9 Å². The van der Waals surface area contributed by atoms with Gasteiger partial charge < -0.3 is 20.2 Å². The average molecular weight is 768 g/mol. The number of carbonyl (C=O) groups excluding carboxylic acids is 4. The van der Waals surface area contributed by atoms with Crippen LogP contribution in [0.3, 0.4) is 0 Å². The molecule has 292 valence electrons. The average Bonchev–Trinajstić information content (AvgIpc) is 3.77. The van der Waals surface area contributed by atoms with Crippen LogP contribution in [0.1, 0.15) is 95.5 Å². The molecule has 4 amide bonds. The van der Waals surface area contributed by atoms with Crippen molar-refractivity contribution >= 4 is 50.5 Å². The second-order valence-corrected chi connectivity index (χ2v) is 17.9. The zero-order valence-electron chi connectivity index (χ0n) is 31.2. The fraction of sp³-hybridized carbons (Fsp3) is 0.550. The topological polar surface area (TPSA) is 175 Å². The van der Waals surface area contributed by atoms with E-state index in [-0.39, 0.29) is 38.8 Å². The molecule has 4 atom stereocenters. The van der Waals surface area contributed by atoms with Gasteiger partial charge >= 0.3 is 17.9 Å². The van der Waals surface area contributed by atoms with Crippen LogP contribution in [0.2, 0.25) is 0 Å². The molecular weight excluding hydrogens is 716 g/mol. The second kappa shape index (κ2) is 15.8. The molecule has 0 radical (unpaired) electrons. The Morgan fingerprint density at radius 2 is 1.63 bits per heavy atom. The minimum Gasteiger partial charge on any atom is -0.451 e. The third-order valence-electron chi connectivity index (χ3n) is 11.7. The van der Waals surface area contributed by atoms with Crippen molar-refractivity contribution in [3.63, 3.8) is 0 Å². The van der Waals surface area contributed by atoms with Gasteiger partial charge in [-0.05, 0) is 95.4 Å². The van der Waals surface area contributed by atoms with Gasteiger partial charge in [-0.1, -0.05) is 37.5 Å². The van der Waals surface area contributed by atoms with Crippen molar-refractivity contribution in [1.82, 2.24) is 14.5 Å². The first-order chi connectivity index (χ1) is 25.6. The molecule has 1 aromatic heterocycles. The van der Waals surface area contributed by atoms with Crippen LogP contribution in [0.15, 0.2) is 63.9 Å². The molecule has 0 bridgehead atoms. The number of hydrogen-bond donors (Lipinski definition) is 3. The number of primary amides is 1. The van der Waals surface area contributed by atoms with Gasteiger partial charge in [-0.15, -0.1) is 0 Å². The summed E-state index contributed by atoms with van der Waals surface area (Å²) in [6.45, 7) is 4.82. The number of alkyl carbamates (subject to hydrolysis) is 1. The molecule has 3 aliphatic rings. The van der Waals surface area contributed by atoms with Gasteiger partial charge in [0.1, 0.15) is 23.5 Å². The predicted octanol–water partition coefficient (Wildman–Crippen LogP) is 6.51. The number of likely N-dealkylation sites (tertiary alicyclic amines) is 1. The van der Waals surface area contributed by atoms with Gasteiger partial charge in [-0.3, -0.25) is 9.59 Å². The fourth-order valence-corrected chi connectivity index (χ4v) is 10.2. The highest BCUT2D eigenvalue weighted by atomic mass is 32.2. The molecule has 2 aliphatic carbocycles. The van der Waals surface area contributed by atoms with E-state index in [0.717, 1.165) is 32.1 Å². The largest absolute Gasteiger partial charge is 0.451 e. The van der Waals surface area contributed by atoms with Crippen LogP contribution in [0.5, 0.6) is 0 Å². The highest BCUT2D eigenvalue weighted by Gasteiger charge is 2.60. The van der Waals surface area contributed by atoms with Crippen molar-refractivity contribution < 1.29 is 41.1 Å². The number of fused-ring (bicyclic) bond motifs is 1. The van der Waals surface area contributed by atoms with E-state index in [1.165, 1.54) is 18.2 Å².